The zero-order chi connectivity index (χ0) is 21.4. The summed E-state index contributed by atoms with van der Waals surface area (Å²) < 4.78 is 16.6. The number of thiol groups is 3. The van der Waals surface area contributed by atoms with E-state index >= 15 is 0 Å². The number of methoxy groups -OCH3 is 3. The standard InChI is InChI=1S/C24H24O3S3/c1-25-19-7-13-4-17-11-23(29)21(27-3)9-15(17)6-18-12-24(30)20(26-2)8-14(18)5-16(13)10-22(19)28/h7-12,28-30H,4-6H2,1-3H3. The first-order valence-corrected chi connectivity index (χ1v) is 10.9. The van der Waals surface area contributed by atoms with E-state index in [1.54, 1.807) is 21.3 Å². The number of hydrogen-bond donors (Lipinski definition) is 3. The Morgan fingerprint density at radius 2 is 0.700 bits per heavy atom. The molecule has 0 N–H and O–H groups in total. The zero-order valence-electron chi connectivity index (χ0n) is 17.2. The van der Waals surface area contributed by atoms with Gasteiger partial charge in [-0.1, -0.05) is 0 Å². The third-order valence-corrected chi connectivity index (χ3v) is 6.69. The highest BCUT2D eigenvalue weighted by Gasteiger charge is 2.20. The molecular weight excluding hydrogens is 432 g/mol. The largest absolute Gasteiger partial charge is 0.496 e. The highest BCUT2D eigenvalue weighted by atomic mass is 32.1. The van der Waals surface area contributed by atoms with Gasteiger partial charge in [0.15, 0.2) is 0 Å². The van der Waals surface area contributed by atoms with Gasteiger partial charge in [0.25, 0.3) is 0 Å². The highest BCUT2D eigenvalue weighted by Crippen LogP contribution is 2.37. The molecule has 0 spiro atoms. The summed E-state index contributed by atoms with van der Waals surface area (Å²) in [5.74, 6) is 2.34. The maximum absolute atomic E-state index is 5.54. The number of fused-ring (bicyclic) bond motifs is 3. The predicted molar refractivity (Wildman–Crippen MR) is 129 cm³/mol. The third kappa shape index (κ3) is 4.01. The van der Waals surface area contributed by atoms with Crippen molar-refractivity contribution in [2.45, 2.75) is 33.9 Å². The zero-order valence-corrected chi connectivity index (χ0v) is 19.8. The van der Waals surface area contributed by atoms with Crippen molar-refractivity contribution in [3.63, 3.8) is 0 Å². The molecule has 3 aromatic rings. The minimum absolute atomic E-state index is 0.779. The molecule has 0 atom stereocenters. The van der Waals surface area contributed by atoms with Crippen LogP contribution in [0, 0.1) is 0 Å². The Morgan fingerprint density at radius 1 is 0.467 bits per heavy atom. The molecule has 6 heteroatoms. The number of rotatable bonds is 3. The third-order valence-electron chi connectivity index (χ3n) is 5.65. The fourth-order valence-electron chi connectivity index (χ4n) is 4.05. The van der Waals surface area contributed by atoms with Gasteiger partial charge in [-0.25, -0.2) is 0 Å². The van der Waals surface area contributed by atoms with E-state index in [4.69, 9.17) is 14.2 Å². The van der Waals surface area contributed by atoms with Crippen LogP contribution in [0.5, 0.6) is 17.2 Å². The van der Waals surface area contributed by atoms with Crippen molar-refractivity contribution in [1.29, 1.82) is 0 Å². The van der Waals surface area contributed by atoms with Crippen LogP contribution < -0.4 is 14.2 Å². The summed E-state index contributed by atoms with van der Waals surface area (Å²) in [5, 5.41) is 0. The molecule has 3 nitrogen and oxygen atoms in total. The Kier molecular flexibility index (Phi) is 6.19. The van der Waals surface area contributed by atoms with Gasteiger partial charge in [-0.05, 0) is 89.0 Å². The van der Waals surface area contributed by atoms with E-state index < -0.39 is 0 Å². The van der Waals surface area contributed by atoms with E-state index in [0.29, 0.717) is 0 Å². The molecular formula is C24H24O3S3. The molecule has 0 amide bonds. The molecule has 1 aliphatic rings. The van der Waals surface area contributed by atoms with Gasteiger partial charge < -0.3 is 14.2 Å². The molecule has 0 saturated carbocycles. The average Bonchev–Trinajstić information content (AvgIpc) is 2.78. The monoisotopic (exact) mass is 456 g/mol. The molecule has 1 aliphatic carbocycles. The summed E-state index contributed by atoms with van der Waals surface area (Å²) in [6.07, 6.45) is 2.35. The Bertz CT molecular complexity index is 984. The summed E-state index contributed by atoms with van der Waals surface area (Å²) in [5.41, 5.74) is 7.31. The summed E-state index contributed by atoms with van der Waals surface area (Å²) in [4.78, 5) is 2.50. The fourth-order valence-corrected chi connectivity index (χ4v) is 4.99. The van der Waals surface area contributed by atoms with Crippen LogP contribution in [0.3, 0.4) is 0 Å². The highest BCUT2D eigenvalue weighted by molar-refractivity contribution is 7.80. The molecule has 3 aromatic carbocycles. The molecule has 0 aromatic heterocycles. The van der Waals surface area contributed by atoms with E-state index in [2.05, 4.69) is 74.3 Å². The molecule has 30 heavy (non-hydrogen) atoms. The lowest BCUT2D eigenvalue weighted by Gasteiger charge is -2.15. The predicted octanol–water partition coefficient (Wildman–Crippen LogP) is 5.66. The normalized spacial score (nSPS) is 12.6. The SMILES string of the molecule is COc1cc2c(cc1S)Cc1cc(OC)c(S)cc1Cc1cc(OC)c(S)cc1C2. The topological polar surface area (TPSA) is 27.7 Å². The van der Waals surface area contributed by atoms with Gasteiger partial charge in [-0.15, -0.1) is 37.9 Å². The lowest BCUT2D eigenvalue weighted by molar-refractivity contribution is 0.403. The molecule has 0 heterocycles. The summed E-state index contributed by atoms with van der Waals surface area (Å²) >= 11 is 13.9. The average molecular weight is 457 g/mol. The minimum Gasteiger partial charge on any atom is -0.496 e. The van der Waals surface area contributed by atoms with Crippen molar-refractivity contribution >= 4 is 37.9 Å². The van der Waals surface area contributed by atoms with Crippen molar-refractivity contribution in [3.8, 4) is 17.2 Å². The van der Waals surface area contributed by atoms with Crippen molar-refractivity contribution < 1.29 is 14.2 Å². The first kappa shape index (κ1) is 21.3. The first-order chi connectivity index (χ1) is 14.4. The molecule has 0 bridgehead atoms. The van der Waals surface area contributed by atoms with Crippen LogP contribution in [-0.4, -0.2) is 21.3 Å². The van der Waals surface area contributed by atoms with E-state index in [-0.39, 0.29) is 0 Å². The van der Waals surface area contributed by atoms with Crippen LogP contribution >= 0.6 is 37.9 Å². The quantitative estimate of drug-likeness (QED) is 0.347. The van der Waals surface area contributed by atoms with E-state index in [0.717, 1.165) is 51.2 Å². The van der Waals surface area contributed by atoms with Crippen LogP contribution in [0.15, 0.2) is 51.1 Å². The summed E-state index contributed by atoms with van der Waals surface area (Å²) in [6.45, 7) is 0. The second-order valence-corrected chi connectivity index (χ2v) is 8.85. The molecule has 4 rings (SSSR count). The van der Waals surface area contributed by atoms with E-state index in [1.807, 2.05) is 0 Å². The lowest BCUT2D eigenvalue weighted by Crippen LogP contribution is -2.00. The summed E-state index contributed by atoms with van der Waals surface area (Å²) in [6, 6.07) is 12.6. The Morgan fingerprint density at radius 3 is 0.933 bits per heavy atom. The molecule has 0 saturated heterocycles. The van der Waals surface area contributed by atoms with Crippen molar-refractivity contribution in [3.05, 3.63) is 69.8 Å². The van der Waals surface area contributed by atoms with Crippen LogP contribution in [0.1, 0.15) is 33.4 Å². The Hall–Kier alpha value is -1.89. The van der Waals surface area contributed by atoms with Gasteiger partial charge in [-0.3, -0.25) is 0 Å². The first-order valence-electron chi connectivity index (χ1n) is 9.59. The summed E-state index contributed by atoms with van der Waals surface area (Å²) in [7, 11) is 5.03. The van der Waals surface area contributed by atoms with Crippen LogP contribution in [0.2, 0.25) is 0 Å². The maximum atomic E-state index is 5.54. The second-order valence-electron chi connectivity index (χ2n) is 7.41. The van der Waals surface area contributed by atoms with Crippen LogP contribution in [0.4, 0.5) is 0 Å². The van der Waals surface area contributed by atoms with Gasteiger partial charge in [0.05, 0.1) is 21.3 Å². The maximum Gasteiger partial charge on any atom is 0.132 e. The Labute approximate surface area is 194 Å². The fraction of sp³-hybridized carbons (Fsp3) is 0.250. The van der Waals surface area contributed by atoms with Gasteiger partial charge >= 0.3 is 0 Å². The number of benzene rings is 3. The van der Waals surface area contributed by atoms with Crippen LogP contribution in [0.25, 0.3) is 0 Å². The van der Waals surface area contributed by atoms with Gasteiger partial charge in [-0.2, -0.15) is 0 Å². The van der Waals surface area contributed by atoms with Crippen molar-refractivity contribution in [2.24, 2.45) is 0 Å². The molecule has 0 unspecified atom stereocenters. The van der Waals surface area contributed by atoms with Crippen molar-refractivity contribution in [1.82, 2.24) is 0 Å². The second kappa shape index (κ2) is 8.69. The minimum atomic E-state index is 0.779. The Balaban J connectivity index is 1.98. The van der Waals surface area contributed by atoms with E-state index in [9.17, 15) is 0 Å². The molecule has 0 fully saturated rings. The van der Waals surface area contributed by atoms with Crippen LogP contribution in [-0.2, 0) is 19.3 Å². The van der Waals surface area contributed by atoms with Gasteiger partial charge in [0.2, 0.25) is 0 Å². The smallest absolute Gasteiger partial charge is 0.132 e. The van der Waals surface area contributed by atoms with Gasteiger partial charge in [0, 0.05) is 14.7 Å². The van der Waals surface area contributed by atoms with E-state index in [1.165, 1.54) is 33.4 Å². The molecule has 0 aliphatic heterocycles. The molecule has 0 radical (unpaired) electrons. The molecule has 156 valence electrons. The number of hydrogen-bond acceptors (Lipinski definition) is 6. The van der Waals surface area contributed by atoms with Crippen molar-refractivity contribution in [2.75, 3.05) is 21.3 Å². The number of ether oxygens (including phenoxy) is 3. The lowest BCUT2D eigenvalue weighted by atomic mass is 9.94. The van der Waals surface area contributed by atoms with Gasteiger partial charge in [0.1, 0.15) is 17.2 Å².